The molecule has 2 aromatic heterocycles. The summed E-state index contributed by atoms with van der Waals surface area (Å²) in [6.07, 6.45) is 3.45. The molecule has 0 aliphatic heterocycles. The maximum atomic E-state index is 13.7. The van der Waals surface area contributed by atoms with E-state index in [-0.39, 0.29) is 17.3 Å². The van der Waals surface area contributed by atoms with Gasteiger partial charge in [-0.2, -0.15) is 5.10 Å². The van der Waals surface area contributed by atoms with Crippen molar-refractivity contribution in [3.8, 4) is 11.3 Å². The second kappa shape index (κ2) is 9.63. The number of nitrogens with zero attached hydrogens (tertiary/aromatic N) is 4. The van der Waals surface area contributed by atoms with Gasteiger partial charge in [0.25, 0.3) is 11.5 Å². The number of hydrogen-bond acceptors (Lipinski definition) is 5. The minimum Gasteiger partial charge on any atom is -0.336 e. The predicted octanol–water partition coefficient (Wildman–Crippen LogP) is 5.82. The Morgan fingerprint density at radius 1 is 1.03 bits per heavy atom. The lowest BCUT2D eigenvalue weighted by atomic mass is 9.97. The number of aryl methyl sites for hydroxylation is 1. The van der Waals surface area contributed by atoms with Gasteiger partial charge in [-0.05, 0) is 69.7 Å². The predicted molar refractivity (Wildman–Crippen MR) is 152 cm³/mol. The van der Waals surface area contributed by atoms with Gasteiger partial charge < -0.3 is 14.8 Å². The van der Waals surface area contributed by atoms with Crippen LogP contribution in [0.5, 0.6) is 0 Å². The third-order valence-electron chi connectivity index (χ3n) is 6.49. The zero-order chi connectivity index (χ0) is 27.0. The first-order chi connectivity index (χ1) is 18.1. The molecule has 8 nitrogen and oxygen atoms in total. The number of aromatic amines is 1. The summed E-state index contributed by atoms with van der Waals surface area (Å²) in [6.45, 7) is 8.03. The van der Waals surface area contributed by atoms with Crippen LogP contribution in [0.4, 0.5) is 17.2 Å². The average molecular weight is 507 g/mol. The second-order valence-electron chi connectivity index (χ2n) is 10.3. The Bertz CT molecular complexity index is 1700. The highest BCUT2D eigenvalue weighted by atomic mass is 16.2. The van der Waals surface area contributed by atoms with Crippen molar-refractivity contribution in [3.05, 3.63) is 101 Å². The van der Waals surface area contributed by atoms with E-state index in [0.717, 1.165) is 33.4 Å². The molecule has 0 aliphatic carbocycles. The fourth-order valence-corrected chi connectivity index (χ4v) is 4.60. The monoisotopic (exact) mass is 506 g/mol. The number of aromatic nitrogens is 4. The van der Waals surface area contributed by atoms with Gasteiger partial charge in [0, 0.05) is 46.7 Å². The minimum atomic E-state index is -0.480. The van der Waals surface area contributed by atoms with E-state index in [0.29, 0.717) is 11.3 Å². The van der Waals surface area contributed by atoms with E-state index >= 15 is 0 Å². The third kappa shape index (κ3) is 4.68. The number of nitrogens with one attached hydrogen (secondary N) is 2. The van der Waals surface area contributed by atoms with Crippen LogP contribution < -0.4 is 15.8 Å². The topological polar surface area (TPSA) is 95.9 Å². The molecule has 1 amide bonds. The van der Waals surface area contributed by atoms with Crippen molar-refractivity contribution in [1.29, 1.82) is 0 Å². The van der Waals surface area contributed by atoms with Gasteiger partial charge in [0.05, 0.1) is 17.4 Å². The molecule has 8 heteroatoms. The van der Waals surface area contributed by atoms with Crippen LogP contribution in [0, 0.1) is 6.92 Å². The van der Waals surface area contributed by atoms with E-state index in [1.165, 1.54) is 4.57 Å². The van der Waals surface area contributed by atoms with Crippen molar-refractivity contribution < 1.29 is 4.79 Å². The first kappa shape index (κ1) is 25.0. The number of H-pyrrole nitrogens is 1. The van der Waals surface area contributed by atoms with Gasteiger partial charge in [0.15, 0.2) is 5.82 Å². The number of hydrogen-bond donors (Lipinski definition) is 2. The van der Waals surface area contributed by atoms with Gasteiger partial charge in [-0.3, -0.25) is 14.7 Å². The standard InChI is InChI=1S/C30H30N6O2/c1-19-23(12-9-13-26(19)36(30(2,3)4)28(37)20-10-7-6-8-11-20)25-18-35(5)29(38)27(33-25)32-22-14-15-24-21(16-22)17-31-34-24/h6-18H,1-5H3,(H,31,34)(H,32,33). The quantitative estimate of drug-likeness (QED) is 0.313. The number of benzene rings is 3. The molecule has 0 fully saturated rings. The van der Waals surface area contributed by atoms with E-state index in [1.54, 1.807) is 19.4 Å². The smallest absolute Gasteiger partial charge is 0.293 e. The highest BCUT2D eigenvalue weighted by Gasteiger charge is 2.30. The zero-order valence-electron chi connectivity index (χ0n) is 22.1. The number of rotatable bonds is 5. The highest BCUT2D eigenvalue weighted by molar-refractivity contribution is 6.07. The fraction of sp³-hybridized carbons (Fsp3) is 0.200. The first-order valence-electron chi connectivity index (χ1n) is 12.4. The molecule has 3 aromatic carbocycles. The van der Waals surface area contributed by atoms with Crippen LogP contribution in [-0.2, 0) is 7.05 Å². The SMILES string of the molecule is Cc1c(-c2cn(C)c(=O)c(Nc3ccc4[nH]ncc4c3)n2)cccc1N(C(=O)c1ccccc1)C(C)(C)C. The molecule has 0 spiro atoms. The molecule has 0 saturated carbocycles. The van der Waals surface area contributed by atoms with Crippen LogP contribution in [-0.4, -0.2) is 31.2 Å². The van der Waals surface area contributed by atoms with Crippen LogP contribution in [0.2, 0.25) is 0 Å². The number of carbonyl (C=O) groups excluding carboxylic acids is 1. The molecule has 38 heavy (non-hydrogen) atoms. The Balaban J connectivity index is 1.58. The molecule has 0 bridgehead atoms. The van der Waals surface area contributed by atoms with Crippen LogP contribution >= 0.6 is 0 Å². The first-order valence-corrected chi connectivity index (χ1v) is 12.4. The molecular weight excluding hydrogens is 476 g/mol. The molecule has 5 rings (SSSR count). The minimum absolute atomic E-state index is 0.0798. The normalized spacial score (nSPS) is 11.5. The van der Waals surface area contributed by atoms with Crippen molar-refractivity contribution in [3.63, 3.8) is 0 Å². The molecule has 0 radical (unpaired) electrons. The maximum absolute atomic E-state index is 13.7. The van der Waals surface area contributed by atoms with E-state index in [4.69, 9.17) is 4.98 Å². The summed E-state index contributed by atoms with van der Waals surface area (Å²) in [5.41, 5.74) is 4.68. The van der Waals surface area contributed by atoms with Crippen molar-refractivity contribution in [2.75, 3.05) is 10.2 Å². The Morgan fingerprint density at radius 3 is 2.53 bits per heavy atom. The summed E-state index contributed by atoms with van der Waals surface area (Å²) in [5.74, 6) is 0.134. The van der Waals surface area contributed by atoms with Gasteiger partial charge in [-0.1, -0.05) is 30.3 Å². The molecule has 0 unspecified atom stereocenters. The lowest BCUT2D eigenvalue weighted by Gasteiger charge is -2.37. The van der Waals surface area contributed by atoms with Gasteiger partial charge in [-0.25, -0.2) is 4.98 Å². The Hall–Kier alpha value is -4.72. The fourth-order valence-electron chi connectivity index (χ4n) is 4.60. The Kier molecular flexibility index (Phi) is 6.32. The van der Waals surface area contributed by atoms with Crippen molar-refractivity contribution >= 4 is 34.0 Å². The van der Waals surface area contributed by atoms with E-state index in [9.17, 15) is 9.59 Å². The number of anilines is 3. The van der Waals surface area contributed by atoms with E-state index in [1.807, 2.05) is 99.3 Å². The summed E-state index contributed by atoms with van der Waals surface area (Å²) in [5, 5.41) is 11.1. The summed E-state index contributed by atoms with van der Waals surface area (Å²) in [6, 6.07) is 20.8. The van der Waals surface area contributed by atoms with Gasteiger partial charge >= 0.3 is 0 Å². The number of amides is 1. The summed E-state index contributed by atoms with van der Waals surface area (Å²) >= 11 is 0. The Labute approximate surface area is 221 Å². The third-order valence-corrected chi connectivity index (χ3v) is 6.49. The Morgan fingerprint density at radius 2 is 1.79 bits per heavy atom. The second-order valence-corrected chi connectivity index (χ2v) is 10.3. The maximum Gasteiger partial charge on any atom is 0.293 e. The van der Waals surface area contributed by atoms with Crippen molar-refractivity contribution in [2.45, 2.75) is 33.2 Å². The van der Waals surface area contributed by atoms with Crippen LogP contribution in [0.1, 0.15) is 36.7 Å². The summed E-state index contributed by atoms with van der Waals surface area (Å²) in [4.78, 5) is 33.2. The number of fused-ring (bicyclic) bond motifs is 1. The molecule has 192 valence electrons. The van der Waals surface area contributed by atoms with E-state index in [2.05, 4.69) is 15.5 Å². The van der Waals surface area contributed by atoms with E-state index < -0.39 is 5.54 Å². The molecule has 5 aromatic rings. The lowest BCUT2D eigenvalue weighted by Crippen LogP contribution is -2.46. The molecular formula is C30H30N6O2. The lowest BCUT2D eigenvalue weighted by molar-refractivity contribution is 0.0965. The highest BCUT2D eigenvalue weighted by Crippen LogP contribution is 2.34. The van der Waals surface area contributed by atoms with Crippen LogP contribution in [0.3, 0.4) is 0 Å². The average Bonchev–Trinajstić information content (AvgIpc) is 3.35. The molecule has 0 aliphatic rings. The zero-order valence-corrected chi connectivity index (χ0v) is 22.1. The van der Waals surface area contributed by atoms with Crippen LogP contribution in [0.25, 0.3) is 22.2 Å². The van der Waals surface area contributed by atoms with Crippen molar-refractivity contribution in [2.24, 2.45) is 7.05 Å². The molecule has 2 N–H and O–H groups in total. The largest absolute Gasteiger partial charge is 0.336 e. The summed E-state index contributed by atoms with van der Waals surface area (Å²) < 4.78 is 1.52. The van der Waals surface area contributed by atoms with Crippen molar-refractivity contribution in [1.82, 2.24) is 19.7 Å². The number of carbonyl (C=O) groups is 1. The van der Waals surface area contributed by atoms with Gasteiger partial charge in [0.1, 0.15) is 0 Å². The van der Waals surface area contributed by atoms with Gasteiger partial charge in [-0.15, -0.1) is 0 Å². The summed E-state index contributed by atoms with van der Waals surface area (Å²) in [7, 11) is 1.71. The molecule has 0 saturated heterocycles. The molecule has 2 heterocycles. The van der Waals surface area contributed by atoms with Gasteiger partial charge in [0.2, 0.25) is 0 Å². The van der Waals surface area contributed by atoms with Crippen LogP contribution in [0.15, 0.2) is 83.9 Å². The molecule has 0 atom stereocenters.